The SMILES string of the molecule is COc1ccc(C(N=C2SCCN2C)N=C2SCCN2C)cc1OC. The van der Waals surface area contributed by atoms with Gasteiger partial charge in [0, 0.05) is 44.3 Å². The maximum atomic E-state index is 5.46. The molecular weight excluding hydrogens is 356 g/mol. The molecule has 0 aliphatic carbocycles. The first kappa shape index (κ1) is 18.3. The predicted molar refractivity (Wildman–Crippen MR) is 107 cm³/mol. The van der Waals surface area contributed by atoms with E-state index in [1.807, 2.05) is 18.2 Å². The Hall–Kier alpha value is -1.54. The van der Waals surface area contributed by atoms with Gasteiger partial charge in [-0.15, -0.1) is 0 Å². The molecular formula is C17H24N4O2S2. The summed E-state index contributed by atoms with van der Waals surface area (Å²) in [5.74, 6) is 3.55. The number of methoxy groups -OCH3 is 2. The molecule has 0 aromatic heterocycles. The van der Waals surface area contributed by atoms with Gasteiger partial charge in [-0.05, 0) is 12.1 Å². The monoisotopic (exact) mass is 380 g/mol. The van der Waals surface area contributed by atoms with Crippen molar-refractivity contribution in [2.24, 2.45) is 9.98 Å². The van der Waals surface area contributed by atoms with Crippen LogP contribution in [0.3, 0.4) is 0 Å². The second-order valence-corrected chi connectivity index (χ2v) is 7.98. The van der Waals surface area contributed by atoms with Gasteiger partial charge in [-0.1, -0.05) is 29.6 Å². The summed E-state index contributed by atoms with van der Waals surface area (Å²) in [5, 5.41) is 2.07. The number of aliphatic imine (C=N–C) groups is 2. The van der Waals surface area contributed by atoms with Crippen LogP contribution in [-0.2, 0) is 0 Å². The average Bonchev–Trinajstić information content (AvgIpc) is 3.22. The van der Waals surface area contributed by atoms with Gasteiger partial charge in [-0.2, -0.15) is 0 Å². The summed E-state index contributed by atoms with van der Waals surface area (Å²) < 4.78 is 10.8. The largest absolute Gasteiger partial charge is 0.493 e. The number of hydrogen-bond donors (Lipinski definition) is 0. The van der Waals surface area contributed by atoms with Crippen molar-refractivity contribution in [1.82, 2.24) is 9.80 Å². The molecule has 1 aromatic rings. The number of ether oxygens (including phenoxy) is 2. The fourth-order valence-corrected chi connectivity index (χ4v) is 4.70. The van der Waals surface area contributed by atoms with Gasteiger partial charge >= 0.3 is 0 Å². The highest BCUT2D eigenvalue weighted by molar-refractivity contribution is 8.14. The standard InChI is InChI=1S/C17H24N4O2S2/c1-20-7-9-24-16(20)18-15(19-17-21(2)8-10-25-17)12-5-6-13(22-3)14(11-12)23-4/h5-6,11,15H,7-10H2,1-4H3. The Morgan fingerprint density at radius 1 is 0.920 bits per heavy atom. The Morgan fingerprint density at radius 2 is 1.48 bits per heavy atom. The first-order chi connectivity index (χ1) is 12.1. The molecule has 2 aliphatic heterocycles. The van der Waals surface area contributed by atoms with Crippen LogP contribution in [0.5, 0.6) is 11.5 Å². The highest BCUT2D eigenvalue weighted by Gasteiger charge is 2.22. The second kappa shape index (κ2) is 8.23. The van der Waals surface area contributed by atoms with E-state index in [2.05, 4.69) is 23.9 Å². The second-order valence-electron chi connectivity index (χ2n) is 5.85. The summed E-state index contributed by atoms with van der Waals surface area (Å²) in [6.45, 7) is 2.04. The summed E-state index contributed by atoms with van der Waals surface area (Å²) in [5.41, 5.74) is 0.999. The lowest BCUT2D eigenvalue weighted by atomic mass is 10.1. The van der Waals surface area contributed by atoms with Crippen molar-refractivity contribution >= 4 is 33.9 Å². The molecule has 0 unspecified atom stereocenters. The third-order valence-electron chi connectivity index (χ3n) is 4.14. The molecule has 3 rings (SSSR count). The van der Waals surface area contributed by atoms with Crippen LogP contribution in [0.15, 0.2) is 28.2 Å². The van der Waals surface area contributed by atoms with Crippen LogP contribution in [-0.4, -0.2) is 73.0 Å². The van der Waals surface area contributed by atoms with Crippen molar-refractivity contribution < 1.29 is 9.47 Å². The molecule has 0 atom stereocenters. The zero-order valence-corrected chi connectivity index (χ0v) is 16.7. The lowest BCUT2D eigenvalue weighted by Crippen LogP contribution is -2.21. The quantitative estimate of drug-likeness (QED) is 0.783. The van der Waals surface area contributed by atoms with Crippen LogP contribution in [0, 0.1) is 0 Å². The molecule has 0 radical (unpaired) electrons. The molecule has 136 valence electrons. The van der Waals surface area contributed by atoms with Crippen LogP contribution in [0.2, 0.25) is 0 Å². The fraction of sp³-hybridized carbons (Fsp3) is 0.529. The van der Waals surface area contributed by atoms with E-state index in [-0.39, 0.29) is 6.17 Å². The topological polar surface area (TPSA) is 49.7 Å². The molecule has 1 aromatic carbocycles. The highest BCUT2D eigenvalue weighted by atomic mass is 32.2. The first-order valence-corrected chi connectivity index (χ1v) is 10.1. The number of thioether (sulfide) groups is 2. The van der Waals surface area contributed by atoms with Gasteiger partial charge in [-0.25, -0.2) is 9.98 Å². The summed E-state index contributed by atoms with van der Waals surface area (Å²) in [6, 6.07) is 5.90. The van der Waals surface area contributed by atoms with Gasteiger partial charge in [0.2, 0.25) is 0 Å². The minimum Gasteiger partial charge on any atom is -0.493 e. The van der Waals surface area contributed by atoms with E-state index in [1.165, 1.54) is 0 Å². The predicted octanol–water partition coefficient (Wildman–Crippen LogP) is 2.77. The highest BCUT2D eigenvalue weighted by Crippen LogP contribution is 2.34. The van der Waals surface area contributed by atoms with Crippen molar-refractivity contribution in [3.05, 3.63) is 23.8 Å². The van der Waals surface area contributed by atoms with Gasteiger partial charge in [-0.3, -0.25) is 0 Å². The molecule has 8 heteroatoms. The molecule has 0 saturated carbocycles. The number of rotatable bonds is 5. The van der Waals surface area contributed by atoms with Crippen LogP contribution in [0.4, 0.5) is 0 Å². The van der Waals surface area contributed by atoms with Crippen molar-refractivity contribution in [2.75, 3.05) is 52.9 Å². The van der Waals surface area contributed by atoms with E-state index in [9.17, 15) is 0 Å². The zero-order valence-electron chi connectivity index (χ0n) is 15.1. The van der Waals surface area contributed by atoms with Crippen LogP contribution in [0.1, 0.15) is 11.7 Å². The minimum absolute atomic E-state index is 0.286. The van der Waals surface area contributed by atoms with Gasteiger partial charge in [0.1, 0.15) is 0 Å². The van der Waals surface area contributed by atoms with Crippen molar-refractivity contribution in [2.45, 2.75) is 6.17 Å². The van der Waals surface area contributed by atoms with Gasteiger partial charge in [0.05, 0.1) is 14.2 Å². The van der Waals surface area contributed by atoms with Crippen LogP contribution < -0.4 is 9.47 Å². The smallest absolute Gasteiger partial charge is 0.170 e. The third kappa shape index (κ3) is 4.17. The Morgan fingerprint density at radius 3 is 1.92 bits per heavy atom. The fourth-order valence-electron chi connectivity index (χ4n) is 2.63. The Balaban J connectivity index is 1.98. The maximum Gasteiger partial charge on any atom is 0.170 e. The summed E-state index contributed by atoms with van der Waals surface area (Å²) in [7, 11) is 7.45. The van der Waals surface area contributed by atoms with E-state index in [0.29, 0.717) is 11.5 Å². The Kier molecular flexibility index (Phi) is 6.01. The minimum atomic E-state index is -0.286. The summed E-state index contributed by atoms with van der Waals surface area (Å²) in [4.78, 5) is 14.2. The van der Waals surface area contributed by atoms with Crippen LogP contribution >= 0.6 is 23.5 Å². The molecule has 0 N–H and O–H groups in total. The normalized spacial score (nSPS) is 22.1. The van der Waals surface area contributed by atoms with E-state index in [0.717, 1.165) is 40.5 Å². The lowest BCUT2D eigenvalue weighted by Gasteiger charge is -2.18. The molecule has 2 aliphatic rings. The number of amidine groups is 2. The number of benzene rings is 1. The maximum absolute atomic E-state index is 5.46. The summed E-state index contributed by atoms with van der Waals surface area (Å²) in [6.07, 6.45) is -0.286. The van der Waals surface area contributed by atoms with Gasteiger partial charge in [0.25, 0.3) is 0 Å². The van der Waals surface area contributed by atoms with E-state index in [4.69, 9.17) is 19.5 Å². The summed E-state index contributed by atoms with van der Waals surface area (Å²) >= 11 is 3.56. The Labute approximate surface area is 157 Å². The molecule has 2 saturated heterocycles. The van der Waals surface area contributed by atoms with Crippen molar-refractivity contribution in [3.8, 4) is 11.5 Å². The van der Waals surface area contributed by atoms with Gasteiger partial charge < -0.3 is 19.3 Å². The molecule has 6 nitrogen and oxygen atoms in total. The van der Waals surface area contributed by atoms with Crippen LogP contribution in [0.25, 0.3) is 0 Å². The van der Waals surface area contributed by atoms with E-state index in [1.54, 1.807) is 37.7 Å². The van der Waals surface area contributed by atoms with Crippen molar-refractivity contribution in [3.63, 3.8) is 0 Å². The molecule has 0 amide bonds. The molecule has 25 heavy (non-hydrogen) atoms. The van der Waals surface area contributed by atoms with E-state index < -0.39 is 0 Å². The Bertz CT molecular complexity index is 651. The van der Waals surface area contributed by atoms with Crippen molar-refractivity contribution in [1.29, 1.82) is 0 Å². The molecule has 2 heterocycles. The van der Waals surface area contributed by atoms with Gasteiger partial charge in [0.15, 0.2) is 28.0 Å². The number of hydrogen-bond acceptors (Lipinski definition) is 6. The lowest BCUT2D eigenvalue weighted by molar-refractivity contribution is 0.354. The van der Waals surface area contributed by atoms with E-state index >= 15 is 0 Å². The average molecular weight is 381 g/mol. The molecule has 0 spiro atoms. The molecule has 0 bridgehead atoms. The third-order valence-corrected chi connectivity index (χ3v) is 6.26. The first-order valence-electron chi connectivity index (χ1n) is 8.17. The zero-order chi connectivity index (χ0) is 17.8. The molecule has 2 fully saturated rings. The number of nitrogens with zero attached hydrogens (tertiary/aromatic N) is 4.